The summed E-state index contributed by atoms with van der Waals surface area (Å²) in [6.07, 6.45) is 0. The lowest BCUT2D eigenvalue weighted by molar-refractivity contribution is 0.0690. The van der Waals surface area contributed by atoms with E-state index in [1.807, 2.05) is 57.0 Å². The Balaban J connectivity index is 2.66. The molecular weight excluding hydrogens is 356 g/mol. The van der Waals surface area contributed by atoms with Crippen LogP contribution in [0.4, 0.5) is 17.2 Å². The first-order valence-corrected chi connectivity index (χ1v) is 9.15. The number of hydrogen-bond acceptors (Lipinski definition) is 6. The number of nitrogens with one attached hydrogen (secondary N) is 2. The van der Waals surface area contributed by atoms with E-state index in [-0.39, 0.29) is 11.6 Å². The quantitative estimate of drug-likeness (QED) is 0.567. The van der Waals surface area contributed by atoms with Gasteiger partial charge in [0, 0.05) is 32.1 Å². The Morgan fingerprint density at radius 1 is 1.36 bits per heavy atom. The van der Waals surface area contributed by atoms with Crippen molar-refractivity contribution in [2.45, 2.75) is 20.8 Å². The van der Waals surface area contributed by atoms with Crippen LogP contribution in [-0.4, -0.2) is 49.1 Å². The molecule has 1 aromatic carbocycles. The van der Waals surface area contributed by atoms with E-state index in [0.717, 1.165) is 11.3 Å². The molecule has 28 heavy (non-hydrogen) atoms. The number of hydrogen-bond donors (Lipinski definition) is 3. The van der Waals surface area contributed by atoms with Crippen LogP contribution in [0.3, 0.4) is 0 Å². The molecular formula is C21H28N4O3. The van der Waals surface area contributed by atoms with Gasteiger partial charge in [-0.3, -0.25) is 0 Å². The number of benzene rings is 1. The van der Waals surface area contributed by atoms with Crippen LogP contribution in [0.1, 0.15) is 35.5 Å². The summed E-state index contributed by atoms with van der Waals surface area (Å²) in [5.74, 6) is -0.801. The number of carboxylic acids is 1. The molecule has 0 aliphatic rings. The SMILES string of the molecule is COCCN(C)c1cc(C(=O)O)nc(Nc2cccc(C)c2)c1C(=N)C(C)C. The Hall–Kier alpha value is -2.93. The number of rotatable bonds is 9. The molecule has 2 rings (SSSR count). The van der Waals surface area contributed by atoms with E-state index >= 15 is 0 Å². The zero-order valence-electron chi connectivity index (χ0n) is 17.0. The van der Waals surface area contributed by atoms with Crippen molar-refractivity contribution in [3.63, 3.8) is 0 Å². The van der Waals surface area contributed by atoms with Crippen LogP contribution in [0.5, 0.6) is 0 Å². The predicted octanol–water partition coefficient (Wildman–Crippen LogP) is 3.94. The molecule has 0 saturated heterocycles. The van der Waals surface area contributed by atoms with Crippen molar-refractivity contribution < 1.29 is 14.6 Å². The van der Waals surface area contributed by atoms with Crippen LogP contribution in [-0.2, 0) is 4.74 Å². The van der Waals surface area contributed by atoms with Crippen molar-refractivity contribution in [1.82, 2.24) is 4.98 Å². The summed E-state index contributed by atoms with van der Waals surface area (Å²) in [4.78, 5) is 17.9. The van der Waals surface area contributed by atoms with Crippen molar-refractivity contribution in [1.29, 1.82) is 5.41 Å². The average Bonchev–Trinajstić information content (AvgIpc) is 2.64. The zero-order valence-corrected chi connectivity index (χ0v) is 17.0. The topological polar surface area (TPSA) is 98.5 Å². The lowest BCUT2D eigenvalue weighted by Gasteiger charge is -2.26. The van der Waals surface area contributed by atoms with Crippen molar-refractivity contribution in [3.8, 4) is 0 Å². The number of aryl methyl sites for hydroxylation is 1. The summed E-state index contributed by atoms with van der Waals surface area (Å²) < 4.78 is 5.16. The van der Waals surface area contributed by atoms with E-state index in [4.69, 9.17) is 10.1 Å². The van der Waals surface area contributed by atoms with Gasteiger partial charge in [-0.15, -0.1) is 0 Å². The standard InChI is InChI=1S/C21H28N4O3/c1-13(2)19(22)18-17(25(4)9-10-28-5)12-16(21(26)27)24-20(18)23-15-8-6-7-14(3)11-15/h6-8,11-13,22H,9-10H2,1-5H3,(H,23,24)(H,26,27). The molecule has 1 heterocycles. The second-order valence-electron chi connectivity index (χ2n) is 7.03. The van der Waals surface area contributed by atoms with E-state index in [0.29, 0.717) is 35.9 Å². The van der Waals surface area contributed by atoms with Crippen LogP contribution in [0.2, 0.25) is 0 Å². The van der Waals surface area contributed by atoms with Gasteiger partial charge in [0.1, 0.15) is 5.82 Å². The summed E-state index contributed by atoms with van der Waals surface area (Å²) in [6, 6.07) is 9.25. The molecule has 7 heteroatoms. The monoisotopic (exact) mass is 384 g/mol. The highest BCUT2D eigenvalue weighted by atomic mass is 16.5. The third kappa shape index (κ3) is 5.07. The number of likely N-dealkylation sites (N-methyl/N-ethyl adjacent to an activating group) is 1. The minimum absolute atomic E-state index is 0.0508. The molecule has 0 radical (unpaired) electrons. The number of methoxy groups -OCH3 is 1. The number of carboxylic acid groups (broad SMARTS) is 1. The van der Waals surface area contributed by atoms with Gasteiger partial charge in [-0.2, -0.15) is 0 Å². The summed E-state index contributed by atoms with van der Waals surface area (Å²) >= 11 is 0. The van der Waals surface area contributed by atoms with Gasteiger partial charge < -0.3 is 25.5 Å². The lowest BCUT2D eigenvalue weighted by Crippen LogP contribution is -2.26. The smallest absolute Gasteiger partial charge is 0.354 e. The molecule has 0 spiro atoms. The van der Waals surface area contributed by atoms with Gasteiger partial charge in [-0.05, 0) is 36.6 Å². The predicted molar refractivity (Wildman–Crippen MR) is 112 cm³/mol. The highest BCUT2D eigenvalue weighted by Gasteiger charge is 2.23. The molecule has 0 bridgehead atoms. The Kier molecular flexibility index (Phi) is 7.12. The number of ether oxygens (including phenoxy) is 1. The highest BCUT2D eigenvalue weighted by molar-refractivity contribution is 6.09. The van der Waals surface area contributed by atoms with Crippen molar-refractivity contribution >= 4 is 28.9 Å². The molecule has 0 saturated carbocycles. The van der Waals surface area contributed by atoms with E-state index in [9.17, 15) is 9.90 Å². The van der Waals surface area contributed by atoms with Crippen LogP contribution in [0, 0.1) is 18.3 Å². The minimum atomic E-state index is -1.11. The Labute approximate surface area is 165 Å². The van der Waals surface area contributed by atoms with Gasteiger partial charge in [0.25, 0.3) is 0 Å². The van der Waals surface area contributed by atoms with Crippen LogP contribution in [0.15, 0.2) is 30.3 Å². The van der Waals surface area contributed by atoms with Gasteiger partial charge in [0.15, 0.2) is 5.69 Å². The molecule has 7 nitrogen and oxygen atoms in total. The Morgan fingerprint density at radius 2 is 2.07 bits per heavy atom. The fourth-order valence-electron chi connectivity index (χ4n) is 2.80. The Morgan fingerprint density at radius 3 is 2.64 bits per heavy atom. The highest BCUT2D eigenvalue weighted by Crippen LogP contribution is 2.31. The minimum Gasteiger partial charge on any atom is -0.477 e. The van der Waals surface area contributed by atoms with Crippen molar-refractivity contribution in [2.75, 3.05) is 37.5 Å². The Bertz CT molecular complexity index is 865. The maximum Gasteiger partial charge on any atom is 0.354 e. The molecule has 3 N–H and O–H groups in total. The van der Waals surface area contributed by atoms with Crippen molar-refractivity contribution in [3.05, 3.63) is 47.2 Å². The van der Waals surface area contributed by atoms with Gasteiger partial charge in [0.2, 0.25) is 0 Å². The number of anilines is 3. The molecule has 0 atom stereocenters. The molecule has 0 fully saturated rings. The molecule has 2 aromatic rings. The molecule has 0 unspecified atom stereocenters. The third-order valence-corrected chi connectivity index (χ3v) is 4.39. The molecule has 0 amide bonds. The van der Waals surface area contributed by atoms with Crippen LogP contribution < -0.4 is 10.2 Å². The van der Waals surface area contributed by atoms with Crippen molar-refractivity contribution in [2.24, 2.45) is 5.92 Å². The maximum absolute atomic E-state index is 11.7. The number of pyridine rings is 1. The lowest BCUT2D eigenvalue weighted by atomic mass is 9.97. The van der Waals surface area contributed by atoms with Gasteiger partial charge in [-0.1, -0.05) is 26.0 Å². The first-order chi connectivity index (χ1) is 13.2. The van der Waals surface area contributed by atoms with Gasteiger partial charge in [0.05, 0.1) is 17.9 Å². The molecule has 0 aliphatic heterocycles. The van der Waals surface area contributed by atoms with E-state index in [1.54, 1.807) is 7.11 Å². The fraction of sp³-hybridized carbons (Fsp3) is 0.381. The summed E-state index contributed by atoms with van der Waals surface area (Å²) in [5.41, 5.74) is 3.41. The first kappa shape index (κ1) is 21.4. The second-order valence-corrected chi connectivity index (χ2v) is 7.03. The number of aromatic nitrogens is 1. The van der Waals surface area contributed by atoms with E-state index in [2.05, 4.69) is 10.3 Å². The summed E-state index contributed by atoms with van der Waals surface area (Å²) in [5, 5.41) is 21.4. The number of aromatic carboxylic acids is 1. The van der Waals surface area contributed by atoms with Gasteiger partial charge in [-0.25, -0.2) is 9.78 Å². The van der Waals surface area contributed by atoms with E-state index < -0.39 is 5.97 Å². The fourth-order valence-corrected chi connectivity index (χ4v) is 2.80. The number of carbonyl (C=O) groups is 1. The average molecular weight is 384 g/mol. The van der Waals surface area contributed by atoms with Gasteiger partial charge >= 0.3 is 5.97 Å². The van der Waals surface area contributed by atoms with Crippen LogP contribution in [0.25, 0.3) is 0 Å². The second kappa shape index (κ2) is 9.32. The maximum atomic E-state index is 11.7. The zero-order chi connectivity index (χ0) is 20.8. The molecule has 0 aliphatic carbocycles. The molecule has 150 valence electrons. The third-order valence-electron chi connectivity index (χ3n) is 4.39. The van der Waals surface area contributed by atoms with E-state index in [1.165, 1.54) is 6.07 Å². The molecule has 1 aromatic heterocycles. The normalized spacial score (nSPS) is 10.8. The summed E-state index contributed by atoms with van der Waals surface area (Å²) in [6.45, 7) is 6.89. The summed E-state index contributed by atoms with van der Waals surface area (Å²) in [7, 11) is 3.47. The largest absolute Gasteiger partial charge is 0.477 e. The van der Waals surface area contributed by atoms with Crippen LogP contribution >= 0.6 is 0 Å². The first-order valence-electron chi connectivity index (χ1n) is 9.15. The number of nitrogens with zero attached hydrogens (tertiary/aromatic N) is 2.